The van der Waals surface area contributed by atoms with Gasteiger partial charge in [-0.25, -0.2) is 4.79 Å². The Labute approximate surface area is 148 Å². The van der Waals surface area contributed by atoms with E-state index >= 15 is 0 Å². The molecule has 1 aliphatic carbocycles. The third-order valence-electron chi connectivity index (χ3n) is 4.14. The molecule has 0 bridgehead atoms. The summed E-state index contributed by atoms with van der Waals surface area (Å²) >= 11 is 12.0. The summed E-state index contributed by atoms with van der Waals surface area (Å²) in [7, 11) is 4.27. The second-order valence-electron chi connectivity index (χ2n) is 6.43. The molecule has 0 amide bonds. The van der Waals surface area contributed by atoms with E-state index in [1.54, 1.807) is 24.3 Å². The van der Waals surface area contributed by atoms with Crippen molar-refractivity contribution in [2.75, 3.05) is 20.6 Å². The van der Waals surface area contributed by atoms with Crippen LogP contribution in [0.3, 0.4) is 0 Å². The molecule has 0 saturated heterocycles. The number of halogens is 2. The van der Waals surface area contributed by atoms with Crippen LogP contribution < -0.4 is 4.90 Å². The SMILES string of the molecule is C[NH+](C)C[C@H]1CCCC[C@@H]1OC(=O)/C=C/c1ccc(Cl)cc1Cl. The lowest BCUT2D eigenvalue weighted by Crippen LogP contribution is -3.06. The molecule has 1 N–H and O–H groups in total. The van der Waals surface area contributed by atoms with Crippen molar-refractivity contribution < 1.29 is 14.4 Å². The van der Waals surface area contributed by atoms with Crippen molar-refractivity contribution in [3.8, 4) is 0 Å². The van der Waals surface area contributed by atoms with Gasteiger partial charge in [-0.05, 0) is 43.0 Å². The van der Waals surface area contributed by atoms with Crippen LogP contribution in [0.2, 0.25) is 10.0 Å². The number of benzene rings is 1. The first-order chi connectivity index (χ1) is 11.0. The van der Waals surface area contributed by atoms with E-state index in [-0.39, 0.29) is 12.1 Å². The number of carbonyl (C=O) groups is 1. The monoisotopic (exact) mass is 356 g/mol. The van der Waals surface area contributed by atoms with Crippen LogP contribution in [0.1, 0.15) is 31.2 Å². The van der Waals surface area contributed by atoms with Gasteiger partial charge in [-0.1, -0.05) is 35.7 Å². The van der Waals surface area contributed by atoms with Crippen molar-refractivity contribution in [1.29, 1.82) is 0 Å². The Kier molecular flexibility index (Phi) is 6.94. The molecule has 1 saturated carbocycles. The summed E-state index contributed by atoms with van der Waals surface area (Å²) in [6.07, 6.45) is 7.59. The van der Waals surface area contributed by atoms with Crippen LogP contribution in [0.15, 0.2) is 24.3 Å². The first kappa shape index (κ1) is 18.3. The van der Waals surface area contributed by atoms with Crippen LogP contribution in [0, 0.1) is 5.92 Å². The third kappa shape index (κ3) is 5.83. The number of ether oxygens (including phenoxy) is 1. The molecule has 0 heterocycles. The first-order valence-corrected chi connectivity index (χ1v) is 8.84. The molecule has 0 aliphatic heterocycles. The minimum absolute atomic E-state index is 0.0245. The van der Waals surface area contributed by atoms with E-state index in [2.05, 4.69) is 14.1 Å². The third-order valence-corrected chi connectivity index (χ3v) is 4.70. The average Bonchev–Trinajstić information content (AvgIpc) is 2.48. The zero-order chi connectivity index (χ0) is 16.8. The van der Waals surface area contributed by atoms with E-state index in [0.717, 1.165) is 31.4 Å². The molecule has 1 fully saturated rings. The number of carbonyl (C=O) groups excluding carboxylic acids is 1. The van der Waals surface area contributed by atoms with Crippen LogP contribution in [0.5, 0.6) is 0 Å². The fourth-order valence-corrected chi connectivity index (χ4v) is 3.54. The number of esters is 1. The number of rotatable bonds is 5. The molecule has 126 valence electrons. The molecule has 0 unspecified atom stereocenters. The van der Waals surface area contributed by atoms with Crippen LogP contribution in [-0.2, 0) is 9.53 Å². The van der Waals surface area contributed by atoms with Gasteiger partial charge < -0.3 is 9.64 Å². The van der Waals surface area contributed by atoms with Gasteiger partial charge in [0.05, 0.1) is 20.6 Å². The zero-order valence-corrected chi connectivity index (χ0v) is 15.2. The summed E-state index contributed by atoms with van der Waals surface area (Å²) in [5.41, 5.74) is 0.756. The minimum atomic E-state index is -0.304. The summed E-state index contributed by atoms with van der Waals surface area (Å²) in [4.78, 5) is 13.5. The van der Waals surface area contributed by atoms with E-state index in [1.165, 1.54) is 17.4 Å². The van der Waals surface area contributed by atoms with Gasteiger partial charge in [0.1, 0.15) is 6.10 Å². The molecule has 3 nitrogen and oxygen atoms in total. The standard InChI is InChI=1S/C18H23Cl2NO2/c1-21(2)12-14-5-3-4-6-17(14)23-18(22)10-8-13-7-9-15(19)11-16(13)20/h7-11,14,17H,3-6,12H2,1-2H3/p+1/b10-8+/t14-,17+/m1/s1. The summed E-state index contributed by atoms with van der Waals surface area (Å²) in [5, 5.41) is 1.10. The average molecular weight is 357 g/mol. The van der Waals surface area contributed by atoms with Crippen LogP contribution >= 0.6 is 23.2 Å². The predicted molar refractivity (Wildman–Crippen MR) is 95.0 cm³/mol. The van der Waals surface area contributed by atoms with Gasteiger partial charge in [0, 0.05) is 22.0 Å². The van der Waals surface area contributed by atoms with Crippen LogP contribution in [-0.4, -0.2) is 32.7 Å². The molecule has 2 rings (SSSR count). The summed E-state index contributed by atoms with van der Waals surface area (Å²) in [6.45, 7) is 1.03. The molecular weight excluding hydrogens is 333 g/mol. The number of nitrogens with one attached hydrogen (secondary N) is 1. The van der Waals surface area contributed by atoms with E-state index in [4.69, 9.17) is 27.9 Å². The molecule has 0 aromatic heterocycles. The lowest BCUT2D eigenvalue weighted by Gasteiger charge is -2.31. The Balaban J connectivity index is 1.95. The van der Waals surface area contributed by atoms with Crippen molar-refractivity contribution >= 4 is 35.2 Å². The van der Waals surface area contributed by atoms with Crippen molar-refractivity contribution in [3.05, 3.63) is 39.9 Å². The van der Waals surface area contributed by atoms with Gasteiger partial charge in [-0.2, -0.15) is 0 Å². The van der Waals surface area contributed by atoms with Gasteiger partial charge in [0.25, 0.3) is 0 Å². The van der Waals surface area contributed by atoms with E-state index < -0.39 is 0 Å². The Morgan fingerprint density at radius 3 is 2.74 bits per heavy atom. The van der Waals surface area contributed by atoms with Crippen molar-refractivity contribution in [3.63, 3.8) is 0 Å². The van der Waals surface area contributed by atoms with Crippen molar-refractivity contribution in [2.45, 2.75) is 31.8 Å². The normalized spacial score (nSPS) is 21.8. The van der Waals surface area contributed by atoms with Gasteiger partial charge in [0.2, 0.25) is 0 Å². The van der Waals surface area contributed by atoms with Crippen LogP contribution in [0.25, 0.3) is 6.08 Å². The Morgan fingerprint density at radius 1 is 1.30 bits per heavy atom. The molecule has 0 radical (unpaired) electrons. The maximum atomic E-state index is 12.1. The summed E-state index contributed by atoms with van der Waals surface area (Å²) in [5.74, 6) is 0.145. The van der Waals surface area contributed by atoms with E-state index in [1.807, 2.05) is 0 Å². The second-order valence-corrected chi connectivity index (χ2v) is 7.27. The Morgan fingerprint density at radius 2 is 2.04 bits per heavy atom. The Bertz CT molecular complexity index is 572. The molecule has 1 aliphatic rings. The fraction of sp³-hybridized carbons (Fsp3) is 0.500. The number of hydrogen-bond acceptors (Lipinski definition) is 2. The largest absolute Gasteiger partial charge is 0.459 e. The maximum absolute atomic E-state index is 12.1. The van der Waals surface area contributed by atoms with Gasteiger partial charge in [-0.3, -0.25) is 0 Å². The Hall–Kier alpha value is -1.03. The van der Waals surface area contributed by atoms with Crippen molar-refractivity contribution in [1.82, 2.24) is 0 Å². The quantitative estimate of drug-likeness (QED) is 0.648. The van der Waals surface area contributed by atoms with Gasteiger partial charge in [-0.15, -0.1) is 0 Å². The summed E-state index contributed by atoms with van der Waals surface area (Å²) in [6, 6.07) is 5.19. The highest BCUT2D eigenvalue weighted by Crippen LogP contribution is 2.26. The zero-order valence-electron chi connectivity index (χ0n) is 13.6. The van der Waals surface area contributed by atoms with Gasteiger partial charge >= 0.3 is 5.97 Å². The topological polar surface area (TPSA) is 30.7 Å². The maximum Gasteiger partial charge on any atom is 0.331 e. The highest BCUT2D eigenvalue weighted by Gasteiger charge is 2.29. The molecule has 5 heteroatoms. The molecule has 1 aromatic carbocycles. The molecule has 2 atom stereocenters. The lowest BCUT2D eigenvalue weighted by atomic mass is 9.86. The van der Waals surface area contributed by atoms with Crippen molar-refractivity contribution in [2.24, 2.45) is 5.92 Å². The first-order valence-electron chi connectivity index (χ1n) is 8.08. The minimum Gasteiger partial charge on any atom is -0.459 e. The molecule has 1 aromatic rings. The van der Waals surface area contributed by atoms with Crippen LogP contribution in [0.4, 0.5) is 0 Å². The molecule has 23 heavy (non-hydrogen) atoms. The highest BCUT2D eigenvalue weighted by atomic mass is 35.5. The lowest BCUT2D eigenvalue weighted by molar-refractivity contribution is -0.862. The number of quaternary nitrogens is 1. The highest BCUT2D eigenvalue weighted by molar-refractivity contribution is 6.35. The smallest absolute Gasteiger partial charge is 0.331 e. The van der Waals surface area contributed by atoms with Gasteiger partial charge in [0.15, 0.2) is 0 Å². The van der Waals surface area contributed by atoms with E-state index in [0.29, 0.717) is 16.0 Å². The summed E-state index contributed by atoms with van der Waals surface area (Å²) < 4.78 is 5.68. The predicted octanol–water partition coefficient (Wildman–Crippen LogP) is 3.25. The fourth-order valence-electron chi connectivity index (χ4n) is 3.07. The second kappa shape index (κ2) is 8.72. The number of hydrogen-bond donors (Lipinski definition) is 1. The van der Waals surface area contributed by atoms with E-state index in [9.17, 15) is 4.79 Å². The molecular formula is C18H24Cl2NO2+. The molecule has 0 spiro atoms.